The van der Waals surface area contributed by atoms with E-state index >= 15 is 0 Å². The van der Waals surface area contributed by atoms with Gasteiger partial charge in [-0.25, -0.2) is 4.98 Å². The van der Waals surface area contributed by atoms with Gasteiger partial charge in [-0.15, -0.1) is 0 Å². The number of hydrogen-bond acceptors (Lipinski definition) is 4. The van der Waals surface area contributed by atoms with Crippen molar-refractivity contribution >= 4 is 16.8 Å². The molecule has 2 aliphatic rings. The fourth-order valence-corrected chi connectivity index (χ4v) is 4.75. The molecule has 6 nitrogen and oxygen atoms in total. The van der Waals surface area contributed by atoms with Crippen LogP contribution in [0.15, 0.2) is 30.6 Å². The zero-order chi connectivity index (χ0) is 20.1. The highest BCUT2D eigenvalue weighted by atomic mass is 16.2. The van der Waals surface area contributed by atoms with E-state index in [-0.39, 0.29) is 5.91 Å². The first-order chi connectivity index (χ1) is 14.0. The zero-order valence-electron chi connectivity index (χ0n) is 17.4. The quantitative estimate of drug-likeness (QED) is 0.676. The molecule has 0 aliphatic carbocycles. The first-order valence-electron chi connectivity index (χ1n) is 10.4. The van der Waals surface area contributed by atoms with E-state index in [1.165, 1.54) is 24.9 Å². The molecule has 0 saturated carbocycles. The van der Waals surface area contributed by atoms with Crippen LogP contribution in [0.25, 0.3) is 22.2 Å². The lowest BCUT2D eigenvalue weighted by atomic mass is 9.98. The molecule has 6 heteroatoms. The molecule has 0 bridgehead atoms. The molecule has 0 N–H and O–H groups in total. The van der Waals surface area contributed by atoms with Crippen LogP contribution in [0.3, 0.4) is 0 Å². The summed E-state index contributed by atoms with van der Waals surface area (Å²) in [6.45, 7) is 7.96. The molecule has 3 aromatic rings. The maximum atomic E-state index is 13.6. The number of carbonyl (C=O) groups is 1. The van der Waals surface area contributed by atoms with Crippen LogP contribution in [0.4, 0.5) is 0 Å². The summed E-state index contributed by atoms with van der Waals surface area (Å²) >= 11 is 0. The Bertz CT molecular complexity index is 1100. The normalized spacial score (nSPS) is 19.7. The second-order valence-corrected chi connectivity index (χ2v) is 8.44. The Labute approximate surface area is 171 Å². The maximum absolute atomic E-state index is 13.6. The van der Waals surface area contributed by atoms with Crippen molar-refractivity contribution in [3.05, 3.63) is 47.3 Å². The molecule has 1 unspecified atom stereocenters. The molecule has 1 amide bonds. The molecule has 4 heterocycles. The Kier molecular flexibility index (Phi) is 4.39. The lowest BCUT2D eigenvalue weighted by molar-refractivity contribution is 0.0573. The van der Waals surface area contributed by atoms with Gasteiger partial charge in [-0.3, -0.25) is 14.4 Å². The van der Waals surface area contributed by atoms with Crippen LogP contribution in [0.2, 0.25) is 0 Å². The van der Waals surface area contributed by atoms with Crippen LogP contribution in [-0.4, -0.2) is 62.7 Å². The van der Waals surface area contributed by atoms with E-state index in [2.05, 4.69) is 36.0 Å². The minimum Gasteiger partial charge on any atom is -0.336 e. The Balaban J connectivity index is 1.61. The molecule has 2 fully saturated rings. The van der Waals surface area contributed by atoms with Gasteiger partial charge >= 0.3 is 0 Å². The third kappa shape index (κ3) is 3.12. The van der Waals surface area contributed by atoms with E-state index in [9.17, 15) is 4.79 Å². The number of pyridine rings is 1. The third-order valence-corrected chi connectivity index (χ3v) is 6.61. The van der Waals surface area contributed by atoms with Gasteiger partial charge in [-0.05, 0) is 50.4 Å². The monoisotopic (exact) mass is 389 g/mol. The number of rotatable bonds is 2. The van der Waals surface area contributed by atoms with E-state index in [1.807, 2.05) is 30.4 Å². The molecule has 2 aromatic heterocycles. The minimum absolute atomic E-state index is 0.123. The van der Waals surface area contributed by atoms with Gasteiger partial charge in [0.1, 0.15) is 0 Å². The highest BCUT2D eigenvalue weighted by Gasteiger charge is 2.33. The molecule has 150 valence electrons. The molecule has 5 rings (SSSR count). The van der Waals surface area contributed by atoms with E-state index in [1.54, 1.807) is 4.68 Å². The molecular formula is C23H27N5O. The third-order valence-electron chi connectivity index (χ3n) is 6.61. The van der Waals surface area contributed by atoms with Gasteiger partial charge < -0.3 is 4.90 Å². The number of fused-ring (bicyclic) bond motifs is 2. The molecule has 1 aromatic carbocycles. The Morgan fingerprint density at radius 2 is 2.03 bits per heavy atom. The fraction of sp³-hybridized carbons (Fsp3) is 0.435. The Morgan fingerprint density at radius 3 is 2.83 bits per heavy atom. The molecule has 0 spiro atoms. The molecular weight excluding hydrogens is 362 g/mol. The second-order valence-electron chi connectivity index (χ2n) is 8.44. The molecule has 2 aliphatic heterocycles. The number of amides is 1. The van der Waals surface area contributed by atoms with Crippen molar-refractivity contribution in [1.82, 2.24) is 24.6 Å². The van der Waals surface area contributed by atoms with Crippen molar-refractivity contribution in [2.45, 2.75) is 32.7 Å². The SMILES string of the molecule is Cc1ccc2c(C(=O)N3CCN4CCCC4C3)cc(-c3cnn(C)c3)nc2c1C. The van der Waals surface area contributed by atoms with Crippen molar-refractivity contribution in [3.8, 4) is 11.3 Å². The number of benzene rings is 1. The predicted octanol–water partition coefficient (Wildman–Crippen LogP) is 3.17. The van der Waals surface area contributed by atoms with Gasteiger partial charge in [-0.2, -0.15) is 5.10 Å². The van der Waals surface area contributed by atoms with Gasteiger partial charge in [0.2, 0.25) is 0 Å². The summed E-state index contributed by atoms with van der Waals surface area (Å²) in [5.41, 5.74) is 5.72. The lowest BCUT2D eigenvalue weighted by Gasteiger charge is -2.37. The van der Waals surface area contributed by atoms with Crippen LogP contribution in [-0.2, 0) is 7.05 Å². The summed E-state index contributed by atoms with van der Waals surface area (Å²) in [6.07, 6.45) is 6.20. The van der Waals surface area contributed by atoms with Crippen LogP contribution in [0.1, 0.15) is 34.3 Å². The molecule has 2 saturated heterocycles. The highest BCUT2D eigenvalue weighted by molar-refractivity contribution is 6.08. The first-order valence-corrected chi connectivity index (χ1v) is 10.4. The van der Waals surface area contributed by atoms with Crippen LogP contribution < -0.4 is 0 Å². The van der Waals surface area contributed by atoms with Crippen molar-refractivity contribution in [2.24, 2.45) is 7.05 Å². The summed E-state index contributed by atoms with van der Waals surface area (Å²) < 4.78 is 1.77. The smallest absolute Gasteiger partial charge is 0.254 e. The zero-order valence-corrected chi connectivity index (χ0v) is 17.4. The highest BCUT2D eigenvalue weighted by Crippen LogP contribution is 2.30. The van der Waals surface area contributed by atoms with Crippen LogP contribution in [0, 0.1) is 13.8 Å². The molecule has 1 atom stereocenters. The number of piperazine rings is 1. The second kappa shape index (κ2) is 6.95. The first kappa shape index (κ1) is 18.3. The fourth-order valence-electron chi connectivity index (χ4n) is 4.75. The number of carbonyl (C=O) groups excluding carboxylic acids is 1. The summed E-state index contributed by atoms with van der Waals surface area (Å²) in [5.74, 6) is 0.123. The summed E-state index contributed by atoms with van der Waals surface area (Å²) in [6, 6.07) is 6.62. The number of aryl methyl sites for hydroxylation is 3. The summed E-state index contributed by atoms with van der Waals surface area (Å²) in [5, 5.41) is 5.23. The van der Waals surface area contributed by atoms with Crippen molar-refractivity contribution in [2.75, 3.05) is 26.2 Å². The van der Waals surface area contributed by atoms with Gasteiger partial charge in [0.05, 0.1) is 23.0 Å². The topological polar surface area (TPSA) is 54.3 Å². The standard InChI is InChI=1S/C23H27N5O/c1-15-6-7-19-20(23(29)28-10-9-27-8-4-5-18(27)14-28)11-21(25-22(19)16(15)2)17-12-24-26(3)13-17/h6-7,11-13,18H,4-5,8-10,14H2,1-3H3. The Morgan fingerprint density at radius 1 is 1.17 bits per heavy atom. The lowest BCUT2D eigenvalue weighted by Crippen LogP contribution is -2.52. The van der Waals surface area contributed by atoms with E-state index < -0.39 is 0 Å². The molecule has 0 radical (unpaired) electrons. The van der Waals surface area contributed by atoms with E-state index in [0.29, 0.717) is 6.04 Å². The van der Waals surface area contributed by atoms with Gasteiger partial charge in [0.25, 0.3) is 5.91 Å². The van der Waals surface area contributed by atoms with Crippen molar-refractivity contribution < 1.29 is 4.79 Å². The minimum atomic E-state index is 0.123. The maximum Gasteiger partial charge on any atom is 0.254 e. The van der Waals surface area contributed by atoms with Gasteiger partial charge in [0, 0.05) is 49.9 Å². The summed E-state index contributed by atoms with van der Waals surface area (Å²) in [7, 11) is 1.90. The van der Waals surface area contributed by atoms with Crippen molar-refractivity contribution in [3.63, 3.8) is 0 Å². The van der Waals surface area contributed by atoms with Crippen LogP contribution in [0.5, 0.6) is 0 Å². The number of hydrogen-bond donors (Lipinski definition) is 0. The average molecular weight is 390 g/mol. The van der Waals surface area contributed by atoms with Gasteiger partial charge in [0.15, 0.2) is 0 Å². The largest absolute Gasteiger partial charge is 0.336 e. The Hall–Kier alpha value is -2.73. The van der Waals surface area contributed by atoms with E-state index in [0.717, 1.165) is 52.9 Å². The summed E-state index contributed by atoms with van der Waals surface area (Å²) in [4.78, 5) is 23.2. The average Bonchev–Trinajstić information content (AvgIpc) is 3.37. The number of nitrogens with zero attached hydrogens (tertiary/aromatic N) is 5. The van der Waals surface area contributed by atoms with Crippen LogP contribution >= 0.6 is 0 Å². The van der Waals surface area contributed by atoms with E-state index in [4.69, 9.17) is 4.98 Å². The predicted molar refractivity (Wildman–Crippen MR) is 114 cm³/mol. The molecule has 29 heavy (non-hydrogen) atoms. The van der Waals surface area contributed by atoms with Crippen molar-refractivity contribution in [1.29, 1.82) is 0 Å². The number of aromatic nitrogens is 3. The van der Waals surface area contributed by atoms with Gasteiger partial charge in [-0.1, -0.05) is 12.1 Å².